The Labute approximate surface area is 77.6 Å². The molecule has 1 rings (SSSR count). The van der Waals surface area contributed by atoms with Gasteiger partial charge < -0.3 is 4.55 Å². The van der Waals surface area contributed by atoms with Gasteiger partial charge in [-0.05, 0) is 24.8 Å². The van der Waals surface area contributed by atoms with Gasteiger partial charge in [0.25, 0.3) is 0 Å². The molecule has 1 aromatic rings. The Kier molecular flexibility index (Phi) is 4.96. The second-order valence-electron chi connectivity index (χ2n) is 2.07. The van der Waals surface area contributed by atoms with E-state index in [2.05, 4.69) is 12.6 Å². The molecule has 0 atom stereocenters. The monoisotopic (exact) mass is 206 g/mol. The molecule has 0 fully saturated rings. The van der Waals surface area contributed by atoms with Gasteiger partial charge in [0.15, 0.2) is 0 Å². The normalized spacial score (nSPS) is 9.92. The van der Waals surface area contributed by atoms with E-state index in [-0.39, 0.29) is 0 Å². The van der Waals surface area contributed by atoms with E-state index in [1.54, 1.807) is 0 Å². The lowest BCUT2D eigenvalue weighted by Gasteiger charge is -1.90. The van der Waals surface area contributed by atoms with Crippen molar-refractivity contribution in [1.29, 1.82) is 0 Å². The second kappa shape index (κ2) is 5.18. The fraction of sp³-hybridized carbons (Fsp3) is 0.143. The zero-order chi connectivity index (χ0) is 9.61. The third-order valence-corrected chi connectivity index (χ3v) is 1.11. The lowest BCUT2D eigenvalue weighted by Crippen LogP contribution is -1.88. The highest BCUT2D eigenvalue weighted by atomic mass is 32.2. The maximum absolute atomic E-state index is 9.08. The van der Waals surface area contributed by atoms with E-state index >= 15 is 0 Å². The highest BCUT2D eigenvalue weighted by Gasteiger charge is 1.80. The first-order valence-corrected chi connectivity index (χ1v) is 5.39. The quantitative estimate of drug-likeness (QED) is 0.450. The molecule has 0 N–H and O–H groups in total. The van der Waals surface area contributed by atoms with Gasteiger partial charge in [0.2, 0.25) is 0 Å². The summed E-state index contributed by atoms with van der Waals surface area (Å²) in [6.07, 6.45) is 0.604. The lowest BCUT2D eigenvalue weighted by atomic mass is 10.4. The minimum Gasteiger partial charge on any atom is -0.748 e. The highest BCUT2D eigenvalue weighted by molar-refractivity contribution is 7.84. The standard InChI is InChI=1S/C6H6S.CH4O3S/c7-6-4-2-1-3-5-6;1-5(2,3)4/h1-5,7H;1H3,(H,2,3,4). The highest BCUT2D eigenvalue weighted by Crippen LogP contribution is 1.92. The molecule has 0 spiro atoms. The Balaban J connectivity index is 0.000000217. The van der Waals surface area contributed by atoms with Crippen LogP contribution in [-0.2, 0) is 22.7 Å². The third kappa shape index (κ3) is 12.2. The number of benzene rings is 1. The molecule has 0 aliphatic heterocycles. The third-order valence-electron chi connectivity index (χ3n) is 0.774. The van der Waals surface area contributed by atoms with Crippen LogP contribution in [0.25, 0.3) is 0 Å². The fourth-order valence-electron chi connectivity index (χ4n) is 0.438. The zero-order valence-electron chi connectivity index (χ0n) is 6.52. The van der Waals surface area contributed by atoms with Crippen LogP contribution in [0, 0.1) is 0 Å². The lowest BCUT2D eigenvalue weighted by molar-refractivity contribution is 0.470. The van der Waals surface area contributed by atoms with Crippen LogP contribution in [0.1, 0.15) is 0 Å². The number of hydrogen-bond donors (Lipinski definition) is 0. The van der Waals surface area contributed by atoms with Crippen molar-refractivity contribution in [2.75, 3.05) is 6.26 Å². The average Bonchev–Trinajstić information content (AvgIpc) is 1.85. The van der Waals surface area contributed by atoms with Gasteiger partial charge in [-0.25, -0.2) is 8.42 Å². The molecule has 0 radical (unpaired) electrons. The Morgan fingerprint density at radius 1 is 1.25 bits per heavy atom. The summed E-state index contributed by atoms with van der Waals surface area (Å²) < 4.78 is 27.2. The molecular weight excluding hydrogens is 196 g/mol. The minimum atomic E-state index is -3.92. The molecule has 0 saturated carbocycles. The maximum Gasteiger partial charge on any atom is 0.150 e. The van der Waals surface area contributed by atoms with E-state index < -0.39 is 10.1 Å². The molecule has 0 bridgehead atoms. The predicted molar refractivity (Wildman–Crippen MR) is 50.5 cm³/mol. The van der Waals surface area contributed by atoms with Crippen LogP contribution in [0.5, 0.6) is 0 Å². The Morgan fingerprint density at radius 2 is 1.58 bits per heavy atom. The van der Waals surface area contributed by atoms with Crippen LogP contribution in [0.3, 0.4) is 0 Å². The Morgan fingerprint density at radius 3 is 1.75 bits per heavy atom. The van der Waals surface area contributed by atoms with Crippen LogP contribution < -0.4 is 0 Å². The smallest absolute Gasteiger partial charge is 0.150 e. The van der Waals surface area contributed by atoms with Gasteiger partial charge in [-0.1, -0.05) is 18.2 Å². The summed E-state index contributed by atoms with van der Waals surface area (Å²) in [7, 11) is -3.92. The number of hydrogen-bond acceptors (Lipinski definition) is 3. The average molecular weight is 206 g/mol. The van der Waals surface area contributed by atoms with Crippen molar-refractivity contribution in [1.82, 2.24) is 0 Å². The van der Waals surface area contributed by atoms with Crippen molar-refractivity contribution < 1.29 is 13.0 Å². The Hall–Kier alpha value is -0.520. The van der Waals surface area contributed by atoms with Gasteiger partial charge in [0.1, 0.15) is 4.90 Å². The summed E-state index contributed by atoms with van der Waals surface area (Å²) in [4.78, 5) is 1.13. The zero-order valence-corrected chi connectivity index (χ0v) is 8.34. The van der Waals surface area contributed by atoms with Gasteiger partial charge >= 0.3 is 0 Å². The van der Waals surface area contributed by atoms with Crippen molar-refractivity contribution in [3.8, 4) is 0 Å². The van der Waals surface area contributed by atoms with Crippen LogP contribution in [0.15, 0.2) is 35.2 Å². The number of rotatable bonds is 0. The fourth-order valence-corrected chi connectivity index (χ4v) is 0.631. The van der Waals surface area contributed by atoms with Gasteiger partial charge in [-0.3, -0.25) is 0 Å². The van der Waals surface area contributed by atoms with Crippen molar-refractivity contribution in [3.63, 3.8) is 0 Å². The van der Waals surface area contributed by atoms with Crippen LogP contribution >= 0.6 is 0 Å². The van der Waals surface area contributed by atoms with Crippen molar-refractivity contribution in [2.45, 2.75) is 4.90 Å². The van der Waals surface area contributed by atoms with Crippen molar-refractivity contribution in [3.05, 3.63) is 30.3 Å². The van der Waals surface area contributed by atoms with Crippen molar-refractivity contribution >= 4 is 22.7 Å². The Bertz CT molecular complexity index is 297. The molecule has 0 unspecified atom stereocenters. The van der Waals surface area contributed by atoms with Crippen LogP contribution in [0.2, 0.25) is 0 Å². The van der Waals surface area contributed by atoms with E-state index in [0.29, 0.717) is 6.26 Å². The predicted octanol–water partition coefficient (Wildman–Crippen LogP) is 0.218. The van der Waals surface area contributed by atoms with Gasteiger partial charge in [-0.15, -0.1) is 0 Å². The minimum absolute atomic E-state index is 0.604. The van der Waals surface area contributed by atoms with E-state index in [0.717, 1.165) is 4.90 Å². The van der Waals surface area contributed by atoms with E-state index in [4.69, 9.17) is 13.0 Å². The largest absolute Gasteiger partial charge is 0.748 e. The maximum atomic E-state index is 9.08. The van der Waals surface area contributed by atoms with Crippen LogP contribution in [-0.4, -0.2) is 19.2 Å². The molecule has 3 nitrogen and oxygen atoms in total. The van der Waals surface area contributed by atoms with Crippen LogP contribution in [0.4, 0.5) is 0 Å². The molecule has 5 heteroatoms. The van der Waals surface area contributed by atoms with E-state index in [9.17, 15) is 0 Å². The van der Waals surface area contributed by atoms with E-state index in [1.165, 1.54) is 0 Å². The van der Waals surface area contributed by atoms with E-state index in [1.807, 2.05) is 30.3 Å². The molecule has 1 aromatic carbocycles. The van der Waals surface area contributed by atoms with Gasteiger partial charge in [-0.2, -0.15) is 0 Å². The molecule has 0 aliphatic carbocycles. The summed E-state index contributed by atoms with van der Waals surface area (Å²) in [6.45, 7) is 0. The summed E-state index contributed by atoms with van der Waals surface area (Å²) >= 11 is 3.36. The molecule has 0 aromatic heterocycles. The first-order valence-electron chi connectivity index (χ1n) is 3.07. The molecule has 0 aliphatic rings. The summed E-state index contributed by atoms with van der Waals surface area (Å²) in [5, 5.41) is 0. The molecular formula is C7H10O3S2. The summed E-state index contributed by atoms with van der Waals surface area (Å²) in [5.74, 6) is 0. The molecule has 68 valence electrons. The van der Waals surface area contributed by atoms with Crippen molar-refractivity contribution in [2.24, 2.45) is 0 Å². The molecule has 0 saturated heterocycles. The molecule has 0 heterocycles. The summed E-state index contributed by atoms with van der Waals surface area (Å²) in [5.41, 5.74) is 0. The molecule has 12 heavy (non-hydrogen) atoms. The van der Waals surface area contributed by atoms with Gasteiger partial charge in [0, 0.05) is 6.26 Å². The molecule has 0 amide bonds. The topological polar surface area (TPSA) is 57.2 Å². The summed E-state index contributed by atoms with van der Waals surface area (Å²) in [6, 6.07) is 9.96. The van der Waals surface area contributed by atoms with Gasteiger partial charge in [0.05, 0.1) is 10.1 Å². The first-order chi connectivity index (χ1) is 5.39. The first kappa shape index (κ1) is 11.5. The second-order valence-corrected chi connectivity index (χ2v) is 4.06. The SMILES string of the molecule is CS(=O)(=O)[O-].[SH2+]c1ccccc1.